The number of hydrogen-bond acceptors (Lipinski definition) is 4. The molecule has 0 spiro atoms. The molecule has 0 saturated heterocycles. The van der Waals surface area contributed by atoms with E-state index in [9.17, 15) is 17.6 Å². The van der Waals surface area contributed by atoms with Crippen LogP contribution < -0.4 is 10.1 Å². The molecule has 0 aliphatic rings. The van der Waals surface area contributed by atoms with E-state index >= 15 is 0 Å². The molecule has 6 nitrogen and oxygen atoms in total. The first-order chi connectivity index (χ1) is 12.2. The normalized spacial score (nSPS) is 12.7. The number of methoxy groups -OCH3 is 1. The lowest BCUT2D eigenvalue weighted by atomic mass is 10.1. The molecule has 0 radical (unpaired) electrons. The number of benzene rings is 2. The third-order valence-electron chi connectivity index (χ3n) is 3.90. The van der Waals surface area contributed by atoms with Crippen molar-refractivity contribution in [2.45, 2.75) is 17.9 Å². The Morgan fingerprint density at radius 2 is 1.77 bits per heavy atom. The van der Waals surface area contributed by atoms with E-state index in [1.165, 1.54) is 51.5 Å². The Morgan fingerprint density at radius 3 is 2.31 bits per heavy atom. The first-order valence-corrected chi connectivity index (χ1v) is 9.27. The van der Waals surface area contributed by atoms with Gasteiger partial charge in [0.2, 0.25) is 10.0 Å². The van der Waals surface area contributed by atoms with E-state index in [2.05, 4.69) is 5.32 Å². The van der Waals surface area contributed by atoms with Gasteiger partial charge in [0.05, 0.1) is 13.2 Å². The fraction of sp³-hybridized carbons (Fsp3) is 0.278. The van der Waals surface area contributed by atoms with Crippen LogP contribution in [0, 0.1) is 5.82 Å². The number of nitrogens with zero attached hydrogens (tertiary/aromatic N) is 1. The maximum Gasteiger partial charge on any atom is 0.251 e. The average molecular weight is 380 g/mol. The molecule has 0 saturated carbocycles. The standard InChI is InChI=1S/C18H21FN2O4S/c1-12(13-5-8-15(19)9-6-13)20-18(22)14-7-10-16(25-4)17(11-14)26(23,24)21(2)3/h5-12H,1-4H3,(H,20,22)/t12-/m1/s1. The van der Waals surface area contributed by atoms with Crippen LogP contribution in [0.4, 0.5) is 4.39 Å². The number of nitrogens with one attached hydrogen (secondary N) is 1. The average Bonchev–Trinajstić information content (AvgIpc) is 2.61. The van der Waals surface area contributed by atoms with Crippen molar-refractivity contribution in [3.8, 4) is 5.75 Å². The van der Waals surface area contributed by atoms with Gasteiger partial charge in [0, 0.05) is 19.7 Å². The molecule has 140 valence electrons. The summed E-state index contributed by atoms with van der Waals surface area (Å²) >= 11 is 0. The molecule has 0 fully saturated rings. The number of ether oxygens (including phenoxy) is 1. The summed E-state index contributed by atoms with van der Waals surface area (Å²) in [5, 5.41) is 2.77. The number of rotatable bonds is 6. The summed E-state index contributed by atoms with van der Waals surface area (Å²) in [5.41, 5.74) is 0.912. The molecule has 0 aromatic heterocycles. The second kappa shape index (κ2) is 7.84. The molecule has 0 aliphatic carbocycles. The summed E-state index contributed by atoms with van der Waals surface area (Å²) in [6.45, 7) is 1.76. The Morgan fingerprint density at radius 1 is 1.15 bits per heavy atom. The zero-order valence-electron chi connectivity index (χ0n) is 15.0. The minimum Gasteiger partial charge on any atom is -0.495 e. The molecule has 0 unspecified atom stereocenters. The summed E-state index contributed by atoms with van der Waals surface area (Å²) in [5.74, 6) is -0.650. The number of hydrogen-bond donors (Lipinski definition) is 1. The van der Waals surface area contributed by atoms with Gasteiger partial charge in [-0.05, 0) is 42.8 Å². The SMILES string of the molecule is COc1ccc(C(=O)N[C@H](C)c2ccc(F)cc2)cc1S(=O)(=O)N(C)C. The molecule has 2 aromatic carbocycles. The van der Waals surface area contributed by atoms with Crippen molar-refractivity contribution in [2.24, 2.45) is 0 Å². The van der Waals surface area contributed by atoms with Gasteiger partial charge in [-0.25, -0.2) is 17.1 Å². The molecule has 0 heterocycles. The zero-order valence-corrected chi connectivity index (χ0v) is 15.8. The molecular weight excluding hydrogens is 359 g/mol. The van der Waals surface area contributed by atoms with E-state index in [4.69, 9.17) is 4.74 Å². The maximum absolute atomic E-state index is 13.0. The number of carbonyl (C=O) groups is 1. The highest BCUT2D eigenvalue weighted by Crippen LogP contribution is 2.27. The number of amides is 1. The van der Waals surface area contributed by atoms with E-state index in [-0.39, 0.29) is 28.1 Å². The monoisotopic (exact) mass is 380 g/mol. The fourth-order valence-corrected chi connectivity index (χ4v) is 3.41. The Labute approximate surface area is 152 Å². The smallest absolute Gasteiger partial charge is 0.251 e. The van der Waals surface area contributed by atoms with Crippen LogP contribution in [0.3, 0.4) is 0 Å². The van der Waals surface area contributed by atoms with Gasteiger partial charge < -0.3 is 10.1 Å². The van der Waals surface area contributed by atoms with Gasteiger partial charge in [0.25, 0.3) is 5.91 Å². The molecule has 1 atom stereocenters. The summed E-state index contributed by atoms with van der Waals surface area (Å²) in [4.78, 5) is 12.4. The number of sulfonamides is 1. The summed E-state index contributed by atoms with van der Waals surface area (Å²) < 4.78 is 44.0. The van der Waals surface area contributed by atoms with Crippen molar-refractivity contribution in [2.75, 3.05) is 21.2 Å². The van der Waals surface area contributed by atoms with Crippen molar-refractivity contribution in [3.63, 3.8) is 0 Å². The molecule has 8 heteroatoms. The van der Waals surface area contributed by atoms with Crippen LogP contribution in [0.1, 0.15) is 28.9 Å². The Bertz CT molecular complexity index is 896. The third kappa shape index (κ3) is 4.20. The predicted octanol–water partition coefficient (Wildman–Crippen LogP) is 2.58. The fourth-order valence-electron chi connectivity index (χ4n) is 2.33. The molecule has 2 rings (SSSR count). The first kappa shape index (κ1) is 19.9. The van der Waals surface area contributed by atoms with Gasteiger partial charge in [-0.3, -0.25) is 4.79 Å². The lowest BCUT2D eigenvalue weighted by Crippen LogP contribution is -2.27. The molecular formula is C18H21FN2O4S. The van der Waals surface area contributed by atoms with E-state index in [1.54, 1.807) is 19.1 Å². The zero-order chi connectivity index (χ0) is 19.5. The van der Waals surface area contributed by atoms with Crippen LogP contribution in [0.25, 0.3) is 0 Å². The highest BCUT2D eigenvalue weighted by atomic mass is 32.2. The molecule has 0 bridgehead atoms. The third-order valence-corrected chi connectivity index (χ3v) is 5.74. The number of halogens is 1. The van der Waals surface area contributed by atoms with Gasteiger partial charge >= 0.3 is 0 Å². The van der Waals surface area contributed by atoms with E-state index in [0.717, 1.165) is 9.87 Å². The van der Waals surface area contributed by atoms with Crippen molar-refractivity contribution < 1.29 is 22.3 Å². The topological polar surface area (TPSA) is 75.7 Å². The van der Waals surface area contributed by atoms with Gasteiger partial charge in [-0.15, -0.1) is 0 Å². The molecule has 26 heavy (non-hydrogen) atoms. The van der Waals surface area contributed by atoms with Crippen LogP contribution in [0.15, 0.2) is 47.4 Å². The summed E-state index contributed by atoms with van der Waals surface area (Å²) in [6, 6.07) is 9.61. The molecule has 1 amide bonds. The van der Waals surface area contributed by atoms with E-state index < -0.39 is 15.9 Å². The van der Waals surface area contributed by atoms with Crippen LogP contribution >= 0.6 is 0 Å². The van der Waals surface area contributed by atoms with Crippen molar-refractivity contribution in [3.05, 3.63) is 59.4 Å². The summed E-state index contributed by atoms with van der Waals surface area (Å²) in [7, 11) is 0.389. The minimum absolute atomic E-state index is 0.0907. The van der Waals surface area contributed by atoms with Crippen molar-refractivity contribution in [1.82, 2.24) is 9.62 Å². The second-order valence-electron chi connectivity index (χ2n) is 5.90. The molecule has 0 aliphatic heterocycles. The van der Waals surface area contributed by atoms with Crippen LogP contribution in [-0.4, -0.2) is 39.8 Å². The van der Waals surface area contributed by atoms with Crippen molar-refractivity contribution >= 4 is 15.9 Å². The predicted molar refractivity (Wildman–Crippen MR) is 96.1 cm³/mol. The van der Waals surface area contributed by atoms with Gasteiger partial charge in [-0.2, -0.15) is 0 Å². The second-order valence-corrected chi connectivity index (χ2v) is 8.02. The van der Waals surface area contributed by atoms with Crippen LogP contribution in [0.2, 0.25) is 0 Å². The first-order valence-electron chi connectivity index (χ1n) is 7.83. The molecule has 1 N–H and O–H groups in total. The Hall–Kier alpha value is -2.45. The van der Waals surface area contributed by atoms with Gasteiger partial charge in [0.15, 0.2) is 0 Å². The van der Waals surface area contributed by atoms with Crippen LogP contribution in [-0.2, 0) is 10.0 Å². The minimum atomic E-state index is -3.77. The lowest BCUT2D eigenvalue weighted by molar-refractivity contribution is 0.0939. The highest BCUT2D eigenvalue weighted by molar-refractivity contribution is 7.89. The largest absolute Gasteiger partial charge is 0.495 e. The summed E-state index contributed by atoms with van der Waals surface area (Å²) in [6.07, 6.45) is 0. The van der Waals surface area contributed by atoms with Crippen LogP contribution in [0.5, 0.6) is 5.75 Å². The maximum atomic E-state index is 13.0. The highest BCUT2D eigenvalue weighted by Gasteiger charge is 2.24. The van der Waals surface area contributed by atoms with Gasteiger partial charge in [-0.1, -0.05) is 12.1 Å². The van der Waals surface area contributed by atoms with Gasteiger partial charge in [0.1, 0.15) is 16.5 Å². The number of carbonyl (C=O) groups excluding carboxylic acids is 1. The lowest BCUT2D eigenvalue weighted by Gasteiger charge is -2.17. The molecule has 2 aromatic rings. The Balaban J connectivity index is 2.30. The van der Waals surface area contributed by atoms with E-state index in [0.29, 0.717) is 0 Å². The Kier molecular flexibility index (Phi) is 5.99. The van der Waals surface area contributed by atoms with E-state index in [1.807, 2.05) is 0 Å². The van der Waals surface area contributed by atoms with Crippen molar-refractivity contribution in [1.29, 1.82) is 0 Å². The quantitative estimate of drug-likeness (QED) is 0.836.